The molecular formula is C22H23N3O2. The molecule has 3 heterocycles. The molecule has 0 saturated carbocycles. The number of nitrogens with one attached hydrogen (secondary N) is 1. The van der Waals surface area contributed by atoms with Crippen molar-refractivity contribution in [2.45, 2.75) is 32.2 Å². The largest absolute Gasteiger partial charge is 0.462 e. The molecule has 1 fully saturated rings. The van der Waals surface area contributed by atoms with Gasteiger partial charge in [0.1, 0.15) is 17.3 Å². The number of carbonyl (C=O) groups excluding carboxylic acids is 1. The highest BCUT2D eigenvalue weighted by molar-refractivity contribution is 5.91. The fourth-order valence-electron chi connectivity index (χ4n) is 3.54. The van der Waals surface area contributed by atoms with Gasteiger partial charge in [-0.3, -0.25) is 4.79 Å². The fourth-order valence-corrected chi connectivity index (χ4v) is 3.54. The molecule has 1 aromatic carbocycles. The first-order chi connectivity index (χ1) is 13.2. The maximum Gasteiger partial charge on any atom is 0.247 e. The van der Waals surface area contributed by atoms with Crippen molar-refractivity contribution in [1.29, 1.82) is 0 Å². The third kappa shape index (κ3) is 3.87. The summed E-state index contributed by atoms with van der Waals surface area (Å²) in [4.78, 5) is 22.7. The van der Waals surface area contributed by atoms with Gasteiger partial charge in [-0.15, -0.1) is 0 Å². The maximum atomic E-state index is 12.8. The summed E-state index contributed by atoms with van der Waals surface area (Å²) in [6.07, 6.45) is 8.21. The van der Waals surface area contributed by atoms with Gasteiger partial charge >= 0.3 is 0 Å². The molecule has 1 aliphatic heterocycles. The Morgan fingerprint density at radius 2 is 2.07 bits per heavy atom. The molecule has 1 unspecified atom stereocenters. The molecule has 1 N–H and O–H groups in total. The summed E-state index contributed by atoms with van der Waals surface area (Å²) in [7, 11) is 0. The lowest BCUT2D eigenvalue weighted by Crippen LogP contribution is -2.38. The van der Waals surface area contributed by atoms with Gasteiger partial charge in [0.15, 0.2) is 0 Å². The first kappa shape index (κ1) is 17.3. The Hall–Kier alpha value is -3.08. The highest BCUT2D eigenvalue weighted by Crippen LogP contribution is 2.31. The number of amides is 1. The number of aryl methyl sites for hydroxylation is 1. The topological polar surface area (TPSA) is 62.1 Å². The molecule has 0 radical (unpaired) electrons. The molecular weight excluding hydrogens is 338 g/mol. The molecule has 3 aromatic rings. The molecule has 1 atom stereocenters. The van der Waals surface area contributed by atoms with Gasteiger partial charge in [0.05, 0.1) is 17.9 Å². The van der Waals surface area contributed by atoms with E-state index >= 15 is 0 Å². The zero-order chi connectivity index (χ0) is 18.6. The van der Waals surface area contributed by atoms with Gasteiger partial charge in [-0.25, -0.2) is 4.98 Å². The van der Waals surface area contributed by atoms with Crippen molar-refractivity contribution >= 4 is 12.0 Å². The average Bonchev–Trinajstić information content (AvgIpc) is 3.36. The van der Waals surface area contributed by atoms with E-state index in [1.54, 1.807) is 12.2 Å². The van der Waals surface area contributed by atoms with Gasteiger partial charge in [-0.1, -0.05) is 30.3 Å². The van der Waals surface area contributed by atoms with Crippen LogP contribution >= 0.6 is 0 Å². The number of imidazole rings is 1. The number of H-pyrrole nitrogens is 1. The number of furan rings is 1. The lowest BCUT2D eigenvalue weighted by molar-refractivity contribution is -0.129. The lowest BCUT2D eigenvalue weighted by Gasteiger charge is -2.33. The molecule has 5 heteroatoms. The summed E-state index contributed by atoms with van der Waals surface area (Å²) in [6.45, 7) is 2.63. The van der Waals surface area contributed by atoms with Gasteiger partial charge in [0, 0.05) is 12.6 Å². The molecule has 0 bridgehead atoms. The third-order valence-electron chi connectivity index (χ3n) is 4.93. The van der Waals surface area contributed by atoms with Crippen molar-refractivity contribution in [1.82, 2.24) is 14.9 Å². The summed E-state index contributed by atoms with van der Waals surface area (Å²) in [5, 5.41) is 0. The Bertz CT molecular complexity index is 939. The number of aromatic nitrogens is 2. The molecule has 1 saturated heterocycles. The number of piperidine rings is 1. The number of likely N-dealkylation sites (tertiary alicyclic amines) is 1. The molecule has 1 aliphatic rings. The summed E-state index contributed by atoms with van der Waals surface area (Å²) in [5.74, 6) is 2.37. The fraction of sp³-hybridized carbons (Fsp3) is 0.273. The first-order valence-electron chi connectivity index (χ1n) is 9.36. The number of aromatic amines is 1. The van der Waals surface area contributed by atoms with Gasteiger partial charge < -0.3 is 14.3 Å². The second-order valence-corrected chi connectivity index (χ2v) is 6.87. The number of benzene rings is 1. The smallest absolute Gasteiger partial charge is 0.247 e. The van der Waals surface area contributed by atoms with Crippen LogP contribution in [0, 0.1) is 6.92 Å². The predicted molar refractivity (Wildman–Crippen MR) is 105 cm³/mol. The second-order valence-electron chi connectivity index (χ2n) is 6.87. The number of hydrogen-bond donors (Lipinski definition) is 1. The van der Waals surface area contributed by atoms with E-state index in [4.69, 9.17) is 4.42 Å². The Morgan fingerprint density at radius 1 is 1.22 bits per heavy atom. The summed E-state index contributed by atoms with van der Waals surface area (Å²) < 4.78 is 5.51. The van der Waals surface area contributed by atoms with Crippen LogP contribution in [0.3, 0.4) is 0 Å². The van der Waals surface area contributed by atoms with Crippen molar-refractivity contribution in [2.75, 3.05) is 6.54 Å². The normalized spacial score (nSPS) is 17.5. The minimum absolute atomic E-state index is 0.00795. The molecule has 27 heavy (non-hydrogen) atoms. The van der Waals surface area contributed by atoms with Crippen molar-refractivity contribution < 1.29 is 9.21 Å². The van der Waals surface area contributed by atoms with E-state index in [0.29, 0.717) is 5.76 Å². The SMILES string of the molecule is Cc1ccc(C=CC(=O)N2CCCCC2c2ncc(-c3ccccc3)[nH]2)o1. The van der Waals surface area contributed by atoms with Crippen LogP contribution < -0.4 is 0 Å². The average molecular weight is 361 g/mol. The van der Waals surface area contributed by atoms with E-state index in [0.717, 1.165) is 48.6 Å². The molecule has 0 spiro atoms. The molecule has 1 amide bonds. The van der Waals surface area contributed by atoms with Crippen LogP contribution in [0.5, 0.6) is 0 Å². The van der Waals surface area contributed by atoms with E-state index in [1.165, 1.54) is 0 Å². The van der Waals surface area contributed by atoms with Crippen LogP contribution in [-0.2, 0) is 4.79 Å². The van der Waals surface area contributed by atoms with Crippen molar-refractivity contribution in [3.8, 4) is 11.3 Å². The van der Waals surface area contributed by atoms with Crippen LogP contribution in [0.15, 0.2) is 59.2 Å². The predicted octanol–water partition coefficient (Wildman–Crippen LogP) is 4.75. The van der Waals surface area contributed by atoms with Crippen LogP contribution in [0.4, 0.5) is 0 Å². The Kier molecular flexibility index (Phi) is 4.92. The summed E-state index contributed by atoms with van der Waals surface area (Å²) >= 11 is 0. The van der Waals surface area contributed by atoms with Crippen LogP contribution in [0.25, 0.3) is 17.3 Å². The van der Waals surface area contributed by atoms with E-state index in [2.05, 4.69) is 22.1 Å². The highest BCUT2D eigenvalue weighted by atomic mass is 16.3. The zero-order valence-electron chi connectivity index (χ0n) is 15.4. The summed E-state index contributed by atoms with van der Waals surface area (Å²) in [6, 6.07) is 13.8. The molecule has 2 aromatic heterocycles. The van der Waals surface area contributed by atoms with Crippen LogP contribution in [-0.4, -0.2) is 27.3 Å². The standard InChI is InChI=1S/C22H23N3O2/c1-16-10-11-18(27-16)12-13-21(26)25-14-6-5-9-20(25)22-23-15-19(24-22)17-7-3-2-4-8-17/h2-4,7-8,10-13,15,20H,5-6,9,14H2,1H3,(H,23,24). The van der Waals surface area contributed by atoms with Crippen LogP contribution in [0.1, 0.15) is 42.6 Å². The zero-order valence-corrected chi connectivity index (χ0v) is 15.4. The monoisotopic (exact) mass is 361 g/mol. The quantitative estimate of drug-likeness (QED) is 0.683. The van der Waals surface area contributed by atoms with Gasteiger partial charge in [-0.2, -0.15) is 0 Å². The molecule has 138 valence electrons. The number of carbonyl (C=O) groups is 1. The first-order valence-corrected chi connectivity index (χ1v) is 9.36. The summed E-state index contributed by atoms with van der Waals surface area (Å²) in [5.41, 5.74) is 2.07. The van der Waals surface area contributed by atoms with E-state index in [-0.39, 0.29) is 11.9 Å². The van der Waals surface area contributed by atoms with E-state index in [1.807, 2.05) is 48.4 Å². The molecule has 5 nitrogen and oxygen atoms in total. The van der Waals surface area contributed by atoms with Gasteiger partial charge in [0.2, 0.25) is 5.91 Å². The lowest BCUT2D eigenvalue weighted by atomic mass is 10.0. The van der Waals surface area contributed by atoms with Crippen molar-refractivity contribution in [3.63, 3.8) is 0 Å². The van der Waals surface area contributed by atoms with E-state index in [9.17, 15) is 4.79 Å². The number of hydrogen-bond acceptors (Lipinski definition) is 3. The third-order valence-corrected chi connectivity index (χ3v) is 4.93. The van der Waals surface area contributed by atoms with Crippen LogP contribution in [0.2, 0.25) is 0 Å². The van der Waals surface area contributed by atoms with Gasteiger partial charge in [-0.05, 0) is 50.0 Å². The van der Waals surface area contributed by atoms with E-state index < -0.39 is 0 Å². The second kappa shape index (κ2) is 7.66. The molecule has 4 rings (SSSR count). The van der Waals surface area contributed by atoms with Crippen molar-refractivity contribution in [2.24, 2.45) is 0 Å². The minimum atomic E-state index is -0.0216. The minimum Gasteiger partial charge on any atom is -0.462 e. The molecule has 0 aliphatic carbocycles. The number of nitrogens with zero attached hydrogens (tertiary/aromatic N) is 2. The maximum absolute atomic E-state index is 12.8. The highest BCUT2D eigenvalue weighted by Gasteiger charge is 2.29. The Morgan fingerprint density at radius 3 is 2.85 bits per heavy atom. The Labute approximate surface area is 158 Å². The Balaban J connectivity index is 1.53. The number of rotatable bonds is 4. The van der Waals surface area contributed by atoms with Gasteiger partial charge in [0.25, 0.3) is 0 Å². The van der Waals surface area contributed by atoms with Crippen molar-refractivity contribution in [3.05, 3.63) is 72.1 Å².